The third kappa shape index (κ3) is 4.74. The second-order valence-electron chi connectivity index (χ2n) is 8.25. The van der Waals surface area contributed by atoms with Crippen molar-refractivity contribution in [2.24, 2.45) is 0 Å². The number of benzene rings is 2. The monoisotopic (exact) mass is 497 g/mol. The predicted molar refractivity (Wildman–Crippen MR) is 123 cm³/mol. The average Bonchev–Trinajstić information content (AvgIpc) is 3.28. The second-order valence-corrected chi connectivity index (χ2v) is 10.7. The van der Waals surface area contributed by atoms with Crippen LogP contribution in [0.1, 0.15) is 39.5 Å². The van der Waals surface area contributed by atoms with Gasteiger partial charge < -0.3 is 0 Å². The number of hydrogen-bond acceptors (Lipinski definition) is 5. The first-order valence-corrected chi connectivity index (χ1v) is 12.4. The van der Waals surface area contributed by atoms with E-state index in [0.717, 1.165) is 12.0 Å². The van der Waals surface area contributed by atoms with Crippen molar-refractivity contribution in [1.29, 1.82) is 5.26 Å². The second kappa shape index (κ2) is 9.72. The number of methoxy groups -OCH3 is 1. The Balaban J connectivity index is 1.59. The molecule has 6 heteroatoms. The van der Waals surface area contributed by atoms with E-state index in [1.54, 1.807) is 7.11 Å². The molecule has 3 unspecified atom stereocenters. The van der Waals surface area contributed by atoms with E-state index in [4.69, 9.17) is 14.7 Å². The first-order chi connectivity index (χ1) is 15.5. The summed E-state index contributed by atoms with van der Waals surface area (Å²) in [7, 11) is 1.59. The Labute approximate surface area is 194 Å². The van der Waals surface area contributed by atoms with Gasteiger partial charge in [-0.05, 0) is 0 Å². The van der Waals surface area contributed by atoms with Crippen LogP contribution in [0.4, 0.5) is 0 Å². The molecule has 1 aliphatic heterocycles. The minimum atomic E-state index is -1.06. The topological polar surface area (TPSA) is 82.7 Å². The van der Waals surface area contributed by atoms with Crippen molar-refractivity contribution in [3.05, 3.63) is 81.3 Å². The van der Waals surface area contributed by atoms with Gasteiger partial charge in [-0.1, -0.05) is 0 Å². The van der Waals surface area contributed by atoms with Crippen LogP contribution in [0.2, 0.25) is 0 Å². The van der Waals surface area contributed by atoms with E-state index in [2.05, 4.69) is 37.3 Å². The number of hydrogen-bond donors (Lipinski definition) is 2. The van der Waals surface area contributed by atoms with Gasteiger partial charge in [-0.15, -0.1) is 0 Å². The number of aliphatic hydroxyl groups excluding tert-OH is 2. The fourth-order valence-corrected chi connectivity index (χ4v) is 6.41. The molecule has 2 N–H and O–H groups in total. The van der Waals surface area contributed by atoms with Gasteiger partial charge in [0, 0.05) is 0 Å². The maximum absolute atomic E-state index is 10.4. The number of aliphatic hydroxyl groups is 2. The molecule has 2 aromatic carbocycles. The summed E-state index contributed by atoms with van der Waals surface area (Å²) in [5, 5.41) is 29.0. The van der Waals surface area contributed by atoms with Gasteiger partial charge >= 0.3 is 195 Å². The Hall–Kier alpha value is -2.23. The van der Waals surface area contributed by atoms with E-state index < -0.39 is 18.0 Å². The number of aryl methyl sites for hydroxylation is 1. The molecule has 1 aromatic heterocycles. The average molecular weight is 496 g/mol. The van der Waals surface area contributed by atoms with E-state index in [0.29, 0.717) is 18.4 Å². The molecule has 5 nitrogen and oxygen atoms in total. The summed E-state index contributed by atoms with van der Waals surface area (Å²) >= 11 is 0.217. The van der Waals surface area contributed by atoms with Crippen LogP contribution in [0.3, 0.4) is 0 Å². The van der Waals surface area contributed by atoms with Crippen LogP contribution < -0.4 is 0 Å². The molecular formula is C26H27NO4Se. The first-order valence-electron chi connectivity index (χ1n) is 10.7. The molecule has 0 aliphatic carbocycles. The fourth-order valence-electron chi connectivity index (χ4n) is 4.23. The SMILES string of the molecule is COC1(c2ccc(C)c(Cc3ccc(-c4ccc(C#N)cc4)[se]3)c2)CC(O)CC(CO)O1. The van der Waals surface area contributed by atoms with E-state index in [1.807, 2.05) is 30.3 Å². The zero-order chi connectivity index (χ0) is 22.7. The van der Waals surface area contributed by atoms with Crippen LogP contribution in [-0.4, -0.2) is 50.6 Å². The molecule has 1 aliphatic rings. The van der Waals surface area contributed by atoms with Gasteiger partial charge in [0.2, 0.25) is 0 Å². The van der Waals surface area contributed by atoms with Crippen LogP contribution in [-0.2, 0) is 21.7 Å². The van der Waals surface area contributed by atoms with Gasteiger partial charge in [0.05, 0.1) is 0 Å². The minimum absolute atomic E-state index is 0.153. The van der Waals surface area contributed by atoms with Crippen LogP contribution in [0.15, 0.2) is 54.6 Å². The fraction of sp³-hybridized carbons (Fsp3) is 0.346. The Kier molecular flexibility index (Phi) is 6.97. The van der Waals surface area contributed by atoms with Gasteiger partial charge in [-0.3, -0.25) is 0 Å². The van der Waals surface area contributed by atoms with E-state index in [-0.39, 0.29) is 21.1 Å². The zero-order valence-corrected chi connectivity index (χ0v) is 20.0. The summed E-state index contributed by atoms with van der Waals surface area (Å²) in [6, 6.07) is 20.5. The Morgan fingerprint density at radius 3 is 2.66 bits per heavy atom. The summed E-state index contributed by atoms with van der Waals surface area (Å²) in [6.07, 6.45) is 0.523. The Morgan fingerprint density at radius 2 is 1.97 bits per heavy atom. The van der Waals surface area contributed by atoms with Crippen LogP contribution >= 0.6 is 0 Å². The van der Waals surface area contributed by atoms with E-state index in [9.17, 15) is 10.2 Å². The quantitative estimate of drug-likeness (QED) is 0.511. The van der Waals surface area contributed by atoms with Crippen molar-refractivity contribution in [3.8, 4) is 16.1 Å². The van der Waals surface area contributed by atoms with Crippen molar-refractivity contribution in [3.63, 3.8) is 0 Å². The van der Waals surface area contributed by atoms with Crippen molar-refractivity contribution in [2.45, 2.75) is 44.2 Å². The van der Waals surface area contributed by atoms with Crippen LogP contribution in [0.25, 0.3) is 10.0 Å². The third-order valence-electron chi connectivity index (χ3n) is 6.04. The number of rotatable bonds is 6. The first kappa shape index (κ1) is 22.9. The summed E-state index contributed by atoms with van der Waals surface area (Å²) in [5.74, 6) is -1.06. The van der Waals surface area contributed by atoms with Gasteiger partial charge in [-0.2, -0.15) is 0 Å². The maximum atomic E-state index is 10.4. The van der Waals surface area contributed by atoms with Crippen molar-refractivity contribution in [2.75, 3.05) is 13.7 Å². The molecule has 0 bridgehead atoms. The zero-order valence-electron chi connectivity index (χ0n) is 18.2. The van der Waals surface area contributed by atoms with Crippen LogP contribution in [0.5, 0.6) is 0 Å². The predicted octanol–water partition coefficient (Wildman–Crippen LogP) is 3.51. The van der Waals surface area contributed by atoms with Crippen molar-refractivity contribution < 1.29 is 19.7 Å². The summed E-state index contributed by atoms with van der Waals surface area (Å²) in [4.78, 5) is 0. The van der Waals surface area contributed by atoms with E-state index >= 15 is 0 Å². The molecule has 0 saturated carbocycles. The van der Waals surface area contributed by atoms with Gasteiger partial charge in [0.25, 0.3) is 0 Å². The van der Waals surface area contributed by atoms with E-state index in [1.165, 1.54) is 25.6 Å². The number of ether oxygens (including phenoxy) is 2. The summed E-state index contributed by atoms with van der Waals surface area (Å²) < 4.78 is 14.6. The molecule has 1 fully saturated rings. The van der Waals surface area contributed by atoms with Crippen molar-refractivity contribution in [1.82, 2.24) is 0 Å². The molecule has 166 valence electrons. The Morgan fingerprint density at radius 1 is 1.19 bits per heavy atom. The molecule has 3 aromatic rings. The molecule has 0 amide bonds. The summed E-state index contributed by atoms with van der Waals surface area (Å²) in [6.45, 7) is 1.95. The molecule has 3 atom stereocenters. The Bertz CT molecular complexity index is 1120. The molecule has 4 rings (SSSR count). The molecule has 0 radical (unpaired) electrons. The summed E-state index contributed by atoms with van der Waals surface area (Å²) in [5.41, 5.74) is 5.10. The standard InChI is InChI=1S/C26H27NO4Se/c1-17-3-8-21(26(30-2)14-22(29)13-23(16-28)31-26)11-20(17)12-24-9-10-25(32-24)19-6-4-18(15-27)5-7-19/h3-11,22-23,28-29H,12-14,16H2,1-2H3. The van der Waals surface area contributed by atoms with Gasteiger partial charge in [0.1, 0.15) is 0 Å². The number of nitriles is 1. The van der Waals surface area contributed by atoms with Crippen molar-refractivity contribution >= 4 is 14.5 Å². The molecule has 2 heterocycles. The van der Waals surface area contributed by atoms with Gasteiger partial charge in [0.15, 0.2) is 0 Å². The molecule has 1 saturated heterocycles. The normalized spacial score (nSPS) is 23.1. The molecular weight excluding hydrogens is 469 g/mol. The van der Waals surface area contributed by atoms with Gasteiger partial charge in [-0.25, -0.2) is 0 Å². The van der Waals surface area contributed by atoms with Crippen LogP contribution in [0, 0.1) is 18.3 Å². The molecule has 32 heavy (non-hydrogen) atoms. The number of nitrogens with zero attached hydrogens (tertiary/aromatic N) is 1. The third-order valence-corrected chi connectivity index (χ3v) is 8.42. The molecule has 0 spiro atoms.